The largest absolute Gasteiger partial charge is 0.462 e. The van der Waals surface area contributed by atoms with E-state index in [1.54, 1.807) is 24.7 Å². The third kappa shape index (κ3) is 5.57. The van der Waals surface area contributed by atoms with Gasteiger partial charge in [-0.25, -0.2) is 9.78 Å². The standard InChI is InChI=1S/C21H26N2O3S/c1-14(2)20(25)26-10-6-7-11-27-21-22-13-18(19(24)23(21)5)17-9-8-15(3)12-16(17)4/h8-9,12-13H,1,6-7,10-11H2,2-5H3. The van der Waals surface area contributed by atoms with E-state index in [4.69, 9.17) is 4.74 Å². The average Bonchev–Trinajstić information content (AvgIpc) is 2.62. The van der Waals surface area contributed by atoms with Crippen LogP contribution in [0.2, 0.25) is 0 Å². The fourth-order valence-corrected chi connectivity index (χ4v) is 3.55. The summed E-state index contributed by atoms with van der Waals surface area (Å²) in [5.41, 5.74) is 4.14. The highest BCUT2D eigenvalue weighted by Gasteiger charge is 2.12. The number of rotatable bonds is 8. The zero-order chi connectivity index (χ0) is 20.0. The first-order valence-corrected chi connectivity index (χ1v) is 9.89. The van der Waals surface area contributed by atoms with Crippen LogP contribution in [-0.2, 0) is 16.6 Å². The van der Waals surface area contributed by atoms with E-state index in [0.717, 1.165) is 29.7 Å². The summed E-state index contributed by atoms with van der Waals surface area (Å²) in [5, 5.41) is 0.687. The van der Waals surface area contributed by atoms with Crippen molar-refractivity contribution in [3.63, 3.8) is 0 Å². The molecule has 6 heteroatoms. The Kier molecular flexibility index (Phi) is 7.42. The summed E-state index contributed by atoms with van der Waals surface area (Å²) < 4.78 is 6.66. The summed E-state index contributed by atoms with van der Waals surface area (Å²) in [6, 6.07) is 6.05. The minimum Gasteiger partial charge on any atom is -0.462 e. The first-order chi connectivity index (χ1) is 12.8. The van der Waals surface area contributed by atoms with Crippen LogP contribution in [-0.4, -0.2) is 27.9 Å². The smallest absolute Gasteiger partial charge is 0.333 e. The predicted molar refractivity (Wildman–Crippen MR) is 110 cm³/mol. The molecule has 144 valence electrons. The number of hydrogen-bond acceptors (Lipinski definition) is 5. The zero-order valence-electron chi connectivity index (χ0n) is 16.4. The molecule has 0 saturated heterocycles. The Hall–Kier alpha value is -2.34. The van der Waals surface area contributed by atoms with E-state index in [2.05, 4.69) is 17.6 Å². The molecule has 0 amide bonds. The van der Waals surface area contributed by atoms with E-state index in [-0.39, 0.29) is 11.5 Å². The highest BCUT2D eigenvalue weighted by molar-refractivity contribution is 7.99. The van der Waals surface area contributed by atoms with Gasteiger partial charge < -0.3 is 4.74 Å². The minimum atomic E-state index is -0.353. The molecule has 0 spiro atoms. The number of carbonyl (C=O) groups excluding carboxylic acids is 1. The lowest BCUT2D eigenvalue weighted by molar-refractivity contribution is -0.139. The van der Waals surface area contributed by atoms with Crippen molar-refractivity contribution in [2.75, 3.05) is 12.4 Å². The van der Waals surface area contributed by atoms with E-state index in [0.29, 0.717) is 22.9 Å². The molecule has 5 nitrogen and oxygen atoms in total. The first kappa shape index (κ1) is 21.0. The summed E-state index contributed by atoms with van der Waals surface area (Å²) in [4.78, 5) is 28.5. The van der Waals surface area contributed by atoms with Gasteiger partial charge in [0, 0.05) is 24.6 Å². The molecule has 27 heavy (non-hydrogen) atoms. The van der Waals surface area contributed by atoms with Gasteiger partial charge in [0.15, 0.2) is 5.16 Å². The molecule has 1 aromatic carbocycles. The van der Waals surface area contributed by atoms with E-state index in [9.17, 15) is 9.59 Å². The summed E-state index contributed by atoms with van der Waals surface area (Å²) in [7, 11) is 1.75. The second-order valence-electron chi connectivity index (χ2n) is 6.61. The maximum Gasteiger partial charge on any atom is 0.333 e. The van der Waals surface area contributed by atoms with Crippen molar-refractivity contribution in [2.24, 2.45) is 7.05 Å². The van der Waals surface area contributed by atoms with Gasteiger partial charge in [0.25, 0.3) is 5.56 Å². The SMILES string of the molecule is C=C(C)C(=O)OCCCCSc1ncc(-c2ccc(C)cc2C)c(=O)n1C. The van der Waals surface area contributed by atoms with Crippen molar-refractivity contribution >= 4 is 17.7 Å². The van der Waals surface area contributed by atoms with Crippen molar-refractivity contribution in [2.45, 2.75) is 38.8 Å². The number of carbonyl (C=O) groups is 1. The predicted octanol–water partition coefficient (Wildman–Crippen LogP) is 4.06. The summed E-state index contributed by atoms with van der Waals surface area (Å²) in [5.74, 6) is 0.446. The average molecular weight is 387 g/mol. The van der Waals surface area contributed by atoms with Crippen LogP contribution in [0.1, 0.15) is 30.9 Å². The van der Waals surface area contributed by atoms with Gasteiger partial charge in [-0.2, -0.15) is 0 Å². The third-order valence-electron chi connectivity index (χ3n) is 4.15. The number of thioether (sulfide) groups is 1. The number of aryl methyl sites for hydroxylation is 2. The first-order valence-electron chi connectivity index (χ1n) is 8.90. The topological polar surface area (TPSA) is 61.2 Å². The Morgan fingerprint density at radius 2 is 2.00 bits per heavy atom. The van der Waals surface area contributed by atoms with Gasteiger partial charge in [-0.1, -0.05) is 42.1 Å². The van der Waals surface area contributed by atoms with Crippen LogP contribution >= 0.6 is 11.8 Å². The maximum atomic E-state index is 12.7. The summed E-state index contributed by atoms with van der Waals surface area (Å²) >= 11 is 1.53. The third-order valence-corrected chi connectivity index (χ3v) is 5.28. The van der Waals surface area contributed by atoms with Crippen molar-refractivity contribution < 1.29 is 9.53 Å². The molecule has 2 rings (SSSR count). The summed E-state index contributed by atoms with van der Waals surface area (Å²) in [6.45, 7) is 9.60. The highest BCUT2D eigenvalue weighted by atomic mass is 32.2. The number of esters is 1. The molecule has 0 saturated carbocycles. The molecule has 0 aliphatic rings. The quantitative estimate of drug-likeness (QED) is 0.225. The van der Waals surface area contributed by atoms with Gasteiger partial charge in [-0.05, 0) is 44.7 Å². The minimum absolute atomic E-state index is 0.0464. The second kappa shape index (κ2) is 9.55. The molecular formula is C21H26N2O3S. The van der Waals surface area contributed by atoms with Crippen molar-refractivity contribution in [1.29, 1.82) is 0 Å². The summed E-state index contributed by atoms with van der Waals surface area (Å²) in [6.07, 6.45) is 3.29. The zero-order valence-corrected chi connectivity index (χ0v) is 17.2. The highest BCUT2D eigenvalue weighted by Crippen LogP contribution is 2.22. The monoisotopic (exact) mass is 386 g/mol. The molecular weight excluding hydrogens is 360 g/mol. The van der Waals surface area contributed by atoms with Crippen LogP contribution in [0.4, 0.5) is 0 Å². The van der Waals surface area contributed by atoms with E-state index in [1.165, 1.54) is 17.3 Å². The van der Waals surface area contributed by atoms with Crippen LogP contribution in [0.5, 0.6) is 0 Å². The van der Waals surface area contributed by atoms with Crippen LogP contribution in [0, 0.1) is 13.8 Å². The second-order valence-corrected chi connectivity index (χ2v) is 7.67. The fraction of sp³-hybridized carbons (Fsp3) is 0.381. The van der Waals surface area contributed by atoms with Crippen LogP contribution < -0.4 is 5.56 Å². The van der Waals surface area contributed by atoms with Crippen molar-refractivity contribution in [1.82, 2.24) is 9.55 Å². The lowest BCUT2D eigenvalue weighted by Gasteiger charge is -2.11. The van der Waals surface area contributed by atoms with Crippen LogP contribution in [0.25, 0.3) is 11.1 Å². The van der Waals surface area contributed by atoms with Gasteiger partial charge in [0.05, 0.1) is 12.2 Å². The molecule has 0 aliphatic carbocycles. The molecule has 0 fully saturated rings. The van der Waals surface area contributed by atoms with E-state index in [1.807, 2.05) is 26.0 Å². The normalized spacial score (nSPS) is 10.7. The van der Waals surface area contributed by atoms with E-state index >= 15 is 0 Å². The molecule has 0 aliphatic heterocycles. The van der Waals surface area contributed by atoms with Crippen LogP contribution in [0.15, 0.2) is 46.5 Å². The number of hydrogen-bond donors (Lipinski definition) is 0. The van der Waals surface area contributed by atoms with Crippen molar-refractivity contribution in [3.05, 3.63) is 58.0 Å². The molecule has 1 aromatic heterocycles. The van der Waals surface area contributed by atoms with Crippen molar-refractivity contribution in [3.8, 4) is 11.1 Å². The number of benzene rings is 1. The Balaban J connectivity index is 1.96. The molecule has 1 heterocycles. The fourth-order valence-electron chi connectivity index (χ4n) is 2.62. The Morgan fingerprint density at radius 3 is 2.67 bits per heavy atom. The number of unbranched alkanes of at least 4 members (excludes halogenated alkanes) is 1. The Labute approximate surface area is 164 Å². The number of aromatic nitrogens is 2. The number of ether oxygens (including phenoxy) is 1. The molecule has 0 unspecified atom stereocenters. The molecule has 0 radical (unpaired) electrons. The lowest BCUT2D eigenvalue weighted by Crippen LogP contribution is -2.21. The van der Waals surface area contributed by atoms with Gasteiger partial charge in [0.1, 0.15) is 0 Å². The Morgan fingerprint density at radius 1 is 1.26 bits per heavy atom. The Bertz CT molecular complexity index is 903. The van der Waals surface area contributed by atoms with Gasteiger partial charge >= 0.3 is 5.97 Å². The van der Waals surface area contributed by atoms with Crippen LogP contribution in [0.3, 0.4) is 0 Å². The molecule has 0 atom stereocenters. The molecule has 0 bridgehead atoms. The van der Waals surface area contributed by atoms with Gasteiger partial charge in [-0.3, -0.25) is 9.36 Å². The molecule has 2 aromatic rings. The number of nitrogens with zero attached hydrogens (tertiary/aromatic N) is 2. The van der Waals surface area contributed by atoms with Gasteiger partial charge in [-0.15, -0.1) is 0 Å². The van der Waals surface area contributed by atoms with Gasteiger partial charge in [0.2, 0.25) is 0 Å². The van der Waals surface area contributed by atoms with E-state index < -0.39 is 0 Å². The lowest BCUT2D eigenvalue weighted by atomic mass is 10.0. The molecule has 0 N–H and O–H groups in total. The maximum absolute atomic E-state index is 12.7.